The molecule has 1 heteroatoms. The first kappa shape index (κ1) is 9.06. The molecule has 1 nitrogen and oxygen atoms in total. The van der Waals surface area contributed by atoms with Crippen LogP contribution in [0.25, 0.3) is 21.8 Å². The molecule has 0 aliphatic heterocycles. The summed E-state index contributed by atoms with van der Waals surface area (Å²) < 4.78 is 0. The minimum absolute atomic E-state index is 1.06. The molecular weight excluding hydrogens is 194 g/mol. The highest BCUT2D eigenvalue weighted by molar-refractivity contribution is 6.07. The van der Waals surface area contributed by atoms with Gasteiger partial charge >= 0.3 is 0 Å². The van der Waals surface area contributed by atoms with Crippen LogP contribution < -0.4 is 0 Å². The molecule has 3 aromatic rings. The van der Waals surface area contributed by atoms with Crippen molar-refractivity contribution in [2.24, 2.45) is 0 Å². The normalized spacial score (nSPS) is 10.3. The van der Waals surface area contributed by atoms with Crippen molar-refractivity contribution in [2.75, 3.05) is 0 Å². The number of rotatable bonds is 0. The molecule has 0 unspecified atom stereocenters. The molecule has 0 bridgehead atoms. The van der Waals surface area contributed by atoms with Crippen LogP contribution in [0.4, 0.5) is 0 Å². The lowest BCUT2D eigenvalue weighted by atomic mass is 10.1. The van der Waals surface area contributed by atoms with E-state index in [1.54, 1.807) is 0 Å². The first-order chi connectivity index (χ1) is 7.88. The molecule has 0 amide bonds. The Balaban J connectivity index is 2.39. The van der Waals surface area contributed by atoms with Crippen LogP contribution >= 0.6 is 0 Å². The minimum Gasteiger partial charge on any atom is -0.354 e. The number of hydrogen-bond donors (Lipinski definition) is 1. The zero-order valence-electron chi connectivity index (χ0n) is 9.04. The highest BCUT2D eigenvalue weighted by atomic mass is 14.7. The predicted octanol–water partition coefficient (Wildman–Crippen LogP) is 3.69. The lowest BCUT2D eigenvalue weighted by Gasteiger charge is -1.92. The third kappa shape index (κ3) is 1.28. The molecule has 0 fully saturated rings. The Morgan fingerprint density at radius 3 is 2.62 bits per heavy atom. The van der Waals surface area contributed by atoms with E-state index in [4.69, 9.17) is 0 Å². The highest BCUT2D eigenvalue weighted by Gasteiger charge is 2.02. The fourth-order valence-corrected chi connectivity index (χ4v) is 2.08. The van der Waals surface area contributed by atoms with Gasteiger partial charge in [0.1, 0.15) is 0 Å². The summed E-state index contributed by atoms with van der Waals surface area (Å²) >= 11 is 0. The molecule has 1 aromatic heterocycles. The van der Waals surface area contributed by atoms with Crippen molar-refractivity contribution in [3.8, 4) is 11.8 Å². The van der Waals surface area contributed by atoms with Gasteiger partial charge in [0, 0.05) is 27.4 Å². The third-order valence-corrected chi connectivity index (χ3v) is 2.78. The monoisotopic (exact) mass is 205 g/mol. The molecule has 0 aliphatic carbocycles. The topological polar surface area (TPSA) is 15.8 Å². The molecule has 0 saturated carbocycles. The van der Waals surface area contributed by atoms with Gasteiger partial charge in [-0.25, -0.2) is 0 Å². The van der Waals surface area contributed by atoms with E-state index in [0.717, 1.165) is 11.1 Å². The number of H-pyrrole nitrogens is 1. The van der Waals surface area contributed by atoms with Crippen LogP contribution in [-0.2, 0) is 0 Å². The average Bonchev–Trinajstić information content (AvgIpc) is 2.67. The average molecular weight is 205 g/mol. The first-order valence-corrected chi connectivity index (χ1v) is 5.32. The van der Waals surface area contributed by atoms with E-state index >= 15 is 0 Å². The van der Waals surface area contributed by atoms with Crippen molar-refractivity contribution in [3.63, 3.8) is 0 Å². The summed E-state index contributed by atoms with van der Waals surface area (Å²) in [6.07, 6.45) is 0. The SMILES string of the molecule is CC#Cc1ccc2c(c1)[nH]c1ccccc12. The Hall–Kier alpha value is -2.20. The Labute approximate surface area is 94.1 Å². The van der Waals surface area contributed by atoms with Crippen LogP contribution in [-0.4, -0.2) is 4.98 Å². The van der Waals surface area contributed by atoms with Gasteiger partial charge in [-0.05, 0) is 25.1 Å². The van der Waals surface area contributed by atoms with Crippen LogP contribution in [0.2, 0.25) is 0 Å². The number of aromatic amines is 1. The second kappa shape index (κ2) is 3.43. The van der Waals surface area contributed by atoms with Crippen LogP contribution in [0.3, 0.4) is 0 Å². The summed E-state index contributed by atoms with van der Waals surface area (Å²) in [5.41, 5.74) is 3.39. The quantitative estimate of drug-likeness (QED) is 0.539. The molecule has 76 valence electrons. The molecule has 1 N–H and O–H groups in total. The molecule has 0 radical (unpaired) electrons. The van der Waals surface area contributed by atoms with E-state index in [0.29, 0.717) is 0 Å². The molecule has 0 spiro atoms. The Bertz CT molecular complexity index is 723. The van der Waals surface area contributed by atoms with Gasteiger partial charge in [-0.15, -0.1) is 5.92 Å². The van der Waals surface area contributed by atoms with E-state index in [1.807, 2.05) is 13.0 Å². The zero-order chi connectivity index (χ0) is 11.0. The van der Waals surface area contributed by atoms with E-state index in [-0.39, 0.29) is 0 Å². The number of benzene rings is 2. The number of nitrogens with one attached hydrogen (secondary N) is 1. The van der Waals surface area contributed by atoms with Crippen molar-refractivity contribution in [2.45, 2.75) is 6.92 Å². The Kier molecular flexibility index (Phi) is 1.94. The second-order valence-corrected chi connectivity index (χ2v) is 3.81. The molecule has 2 aromatic carbocycles. The van der Waals surface area contributed by atoms with Crippen molar-refractivity contribution >= 4 is 21.8 Å². The van der Waals surface area contributed by atoms with Crippen molar-refractivity contribution in [1.29, 1.82) is 0 Å². The summed E-state index contributed by atoms with van der Waals surface area (Å²) in [5.74, 6) is 5.99. The van der Waals surface area contributed by atoms with Gasteiger partial charge < -0.3 is 4.98 Å². The fraction of sp³-hybridized carbons (Fsp3) is 0.0667. The molecular formula is C15H11N. The summed E-state index contributed by atoms with van der Waals surface area (Å²) in [6.45, 7) is 1.86. The molecule has 3 rings (SSSR count). The Morgan fingerprint density at radius 1 is 0.938 bits per heavy atom. The molecule has 0 atom stereocenters. The van der Waals surface area contributed by atoms with Crippen molar-refractivity contribution < 1.29 is 0 Å². The predicted molar refractivity (Wildman–Crippen MR) is 68.4 cm³/mol. The maximum absolute atomic E-state index is 3.41. The van der Waals surface area contributed by atoms with Crippen LogP contribution in [0.1, 0.15) is 12.5 Å². The maximum atomic E-state index is 3.41. The minimum atomic E-state index is 1.06. The fourth-order valence-electron chi connectivity index (χ4n) is 2.08. The first-order valence-electron chi connectivity index (χ1n) is 5.32. The van der Waals surface area contributed by atoms with Gasteiger partial charge in [-0.2, -0.15) is 0 Å². The van der Waals surface area contributed by atoms with Crippen molar-refractivity contribution in [3.05, 3.63) is 48.0 Å². The van der Waals surface area contributed by atoms with Gasteiger partial charge in [0.05, 0.1) is 0 Å². The van der Waals surface area contributed by atoms with Gasteiger partial charge in [-0.1, -0.05) is 30.2 Å². The molecule has 0 aliphatic rings. The molecule has 0 saturated heterocycles. The highest BCUT2D eigenvalue weighted by Crippen LogP contribution is 2.25. The number of para-hydroxylation sites is 1. The van der Waals surface area contributed by atoms with Gasteiger partial charge in [-0.3, -0.25) is 0 Å². The van der Waals surface area contributed by atoms with Gasteiger partial charge in [0.15, 0.2) is 0 Å². The van der Waals surface area contributed by atoms with Gasteiger partial charge in [0.25, 0.3) is 0 Å². The summed E-state index contributed by atoms with van der Waals surface area (Å²) in [5, 5.41) is 2.53. The lowest BCUT2D eigenvalue weighted by Crippen LogP contribution is -1.73. The number of aromatic nitrogens is 1. The van der Waals surface area contributed by atoms with Gasteiger partial charge in [0.2, 0.25) is 0 Å². The Morgan fingerprint density at radius 2 is 1.75 bits per heavy atom. The van der Waals surface area contributed by atoms with Crippen LogP contribution in [0.15, 0.2) is 42.5 Å². The standard InChI is InChI=1S/C15H11N/c1-2-5-11-8-9-13-12-6-3-4-7-14(12)16-15(13)10-11/h3-4,6-10,16H,1H3. The van der Waals surface area contributed by atoms with E-state index < -0.39 is 0 Å². The smallest absolute Gasteiger partial charge is 0.0477 e. The lowest BCUT2D eigenvalue weighted by molar-refractivity contribution is 1.54. The van der Waals surface area contributed by atoms with Crippen LogP contribution in [0, 0.1) is 11.8 Å². The second-order valence-electron chi connectivity index (χ2n) is 3.81. The zero-order valence-corrected chi connectivity index (χ0v) is 9.04. The van der Waals surface area contributed by atoms with Crippen LogP contribution in [0.5, 0.6) is 0 Å². The van der Waals surface area contributed by atoms with E-state index in [1.165, 1.54) is 16.3 Å². The van der Waals surface area contributed by atoms with E-state index in [9.17, 15) is 0 Å². The van der Waals surface area contributed by atoms with Crippen molar-refractivity contribution in [1.82, 2.24) is 4.98 Å². The molecule has 16 heavy (non-hydrogen) atoms. The summed E-state index contributed by atoms with van der Waals surface area (Å²) in [6, 6.07) is 14.7. The molecule has 1 heterocycles. The number of fused-ring (bicyclic) bond motifs is 3. The third-order valence-electron chi connectivity index (χ3n) is 2.78. The largest absolute Gasteiger partial charge is 0.354 e. The maximum Gasteiger partial charge on any atom is 0.0477 e. The number of hydrogen-bond acceptors (Lipinski definition) is 0. The summed E-state index contributed by atoms with van der Waals surface area (Å²) in [4.78, 5) is 3.41. The summed E-state index contributed by atoms with van der Waals surface area (Å²) in [7, 11) is 0. The van der Waals surface area contributed by atoms with E-state index in [2.05, 4.69) is 53.2 Å².